The van der Waals surface area contributed by atoms with Gasteiger partial charge in [0.05, 0.1) is 11.3 Å². The summed E-state index contributed by atoms with van der Waals surface area (Å²) in [5.74, 6) is -1.72. The van der Waals surface area contributed by atoms with E-state index in [9.17, 15) is 17.6 Å². The summed E-state index contributed by atoms with van der Waals surface area (Å²) >= 11 is 0. The highest BCUT2D eigenvalue weighted by Crippen LogP contribution is 2.33. The zero-order valence-corrected chi connectivity index (χ0v) is 9.52. The molecule has 0 aliphatic rings. The Morgan fingerprint density at radius 1 is 1.35 bits per heavy atom. The van der Waals surface area contributed by atoms with Gasteiger partial charge in [-0.15, -0.1) is 0 Å². The van der Waals surface area contributed by atoms with Crippen molar-refractivity contribution in [3.05, 3.63) is 41.5 Å². The van der Waals surface area contributed by atoms with Gasteiger partial charge in [0.15, 0.2) is 11.5 Å². The van der Waals surface area contributed by atoms with E-state index in [4.69, 9.17) is 5.21 Å². The number of aromatic nitrogens is 2. The molecule has 0 bridgehead atoms. The Morgan fingerprint density at radius 3 is 2.65 bits per heavy atom. The predicted octanol–water partition coefficient (Wildman–Crippen LogP) is 2.28. The van der Waals surface area contributed by atoms with Crippen LogP contribution in [0.1, 0.15) is 11.3 Å². The molecule has 0 radical (unpaired) electrons. The zero-order chi connectivity index (χ0) is 14.8. The first-order valence-electron chi connectivity index (χ1n) is 5.05. The lowest BCUT2D eigenvalue weighted by Crippen LogP contribution is -2.20. The molecule has 20 heavy (non-hydrogen) atoms. The summed E-state index contributed by atoms with van der Waals surface area (Å²) in [5, 5.41) is 15.4. The molecule has 106 valence electrons. The summed E-state index contributed by atoms with van der Waals surface area (Å²) < 4.78 is 54.9. The molecule has 0 aliphatic heterocycles. The fraction of sp³-hybridized carbons (Fsp3) is 0.100. The van der Waals surface area contributed by atoms with E-state index in [-0.39, 0.29) is 17.2 Å². The topological polar surface area (TPSA) is 83.5 Å². The maximum Gasteiger partial charge on any atom is 0.419 e. The van der Waals surface area contributed by atoms with Crippen molar-refractivity contribution in [2.24, 2.45) is 4.99 Å². The Bertz CT molecular complexity index is 625. The van der Waals surface area contributed by atoms with Gasteiger partial charge in [-0.1, -0.05) is 5.16 Å². The number of hydrogen-bond donors (Lipinski definition) is 2. The number of nitrogens with zero attached hydrogens (tertiary/aromatic N) is 3. The monoisotopic (exact) mass is 290 g/mol. The molecule has 0 unspecified atom stereocenters. The highest BCUT2D eigenvalue weighted by molar-refractivity contribution is 5.97. The van der Waals surface area contributed by atoms with Gasteiger partial charge in [-0.25, -0.2) is 14.0 Å². The van der Waals surface area contributed by atoms with Crippen LogP contribution in [0, 0.1) is 5.82 Å². The Balaban J connectivity index is 2.43. The van der Waals surface area contributed by atoms with E-state index < -0.39 is 17.6 Å². The fourth-order valence-electron chi connectivity index (χ4n) is 1.34. The van der Waals surface area contributed by atoms with E-state index in [1.54, 1.807) is 5.48 Å². The summed E-state index contributed by atoms with van der Waals surface area (Å²) in [6, 6.07) is 2.13. The van der Waals surface area contributed by atoms with E-state index in [1.807, 2.05) is 0 Å². The van der Waals surface area contributed by atoms with Crippen molar-refractivity contribution in [2.45, 2.75) is 6.18 Å². The normalized spacial score (nSPS) is 12.6. The van der Waals surface area contributed by atoms with Gasteiger partial charge in [-0.3, -0.25) is 10.7 Å². The standard InChI is InChI=1S/C10H6F4N4O2/c11-7-2-1-5(3-6(7)10(12,13)14)16-9(17-19)8-4-15-20-18-8/h1-4,19H,(H,16,17). The molecule has 2 rings (SSSR count). The lowest BCUT2D eigenvalue weighted by Gasteiger charge is -2.08. The van der Waals surface area contributed by atoms with Gasteiger partial charge in [0.1, 0.15) is 12.0 Å². The van der Waals surface area contributed by atoms with Gasteiger partial charge in [0.25, 0.3) is 0 Å². The van der Waals surface area contributed by atoms with Crippen LogP contribution in [0.2, 0.25) is 0 Å². The van der Waals surface area contributed by atoms with E-state index in [1.165, 1.54) is 0 Å². The highest BCUT2D eigenvalue weighted by Gasteiger charge is 2.34. The first-order chi connectivity index (χ1) is 9.41. The molecule has 2 N–H and O–H groups in total. The second-order valence-corrected chi connectivity index (χ2v) is 3.53. The van der Waals surface area contributed by atoms with Crippen LogP contribution in [0.15, 0.2) is 34.0 Å². The lowest BCUT2D eigenvalue weighted by molar-refractivity contribution is -0.139. The smallest absolute Gasteiger partial charge is 0.290 e. The van der Waals surface area contributed by atoms with E-state index in [2.05, 4.69) is 19.9 Å². The van der Waals surface area contributed by atoms with Crippen LogP contribution in [0.5, 0.6) is 0 Å². The Morgan fingerprint density at radius 2 is 2.10 bits per heavy atom. The predicted molar refractivity (Wildman–Crippen MR) is 56.8 cm³/mol. The van der Waals surface area contributed by atoms with Crippen LogP contribution in [0.4, 0.5) is 23.2 Å². The Kier molecular flexibility index (Phi) is 3.66. The van der Waals surface area contributed by atoms with Crippen LogP contribution in [-0.4, -0.2) is 21.4 Å². The number of benzene rings is 1. The first kappa shape index (κ1) is 13.9. The van der Waals surface area contributed by atoms with Crippen LogP contribution in [0.25, 0.3) is 0 Å². The van der Waals surface area contributed by atoms with Gasteiger partial charge in [0, 0.05) is 0 Å². The van der Waals surface area contributed by atoms with Crippen molar-refractivity contribution in [3.63, 3.8) is 0 Å². The average Bonchev–Trinajstić information content (AvgIpc) is 2.90. The molecule has 2 aromatic rings. The number of nitrogens with one attached hydrogen (secondary N) is 1. The van der Waals surface area contributed by atoms with E-state index in [0.717, 1.165) is 12.3 Å². The third-order valence-electron chi connectivity index (χ3n) is 2.21. The minimum atomic E-state index is -4.85. The Labute approximate surface area is 108 Å². The number of hydrogen-bond acceptors (Lipinski definition) is 5. The molecule has 0 amide bonds. The maximum absolute atomic E-state index is 13.1. The van der Waals surface area contributed by atoms with Gasteiger partial charge in [0.2, 0.25) is 0 Å². The number of rotatable bonds is 2. The van der Waals surface area contributed by atoms with Gasteiger partial charge in [-0.05, 0) is 23.4 Å². The van der Waals surface area contributed by atoms with Crippen molar-refractivity contribution in [3.8, 4) is 0 Å². The third kappa shape index (κ3) is 2.91. The molecule has 1 heterocycles. The largest absolute Gasteiger partial charge is 0.419 e. The molecule has 0 fully saturated rings. The molecular formula is C10H6F4N4O2. The number of aliphatic imine (C=N–C) groups is 1. The van der Waals surface area contributed by atoms with E-state index in [0.29, 0.717) is 12.1 Å². The first-order valence-corrected chi connectivity index (χ1v) is 5.05. The molecule has 0 spiro atoms. The molecule has 0 saturated heterocycles. The van der Waals surface area contributed by atoms with Crippen molar-refractivity contribution >= 4 is 11.5 Å². The van der Waals surface area contributed by atoms with Crippen molar-refractivity contribution in [2.75, 3.05) is 0 Å². The maximum atomic E-state index is 13.1. The van der Waals surface area contributed by atoms with Crippen LogP contribution < -0.4 is 5.48 Å². The highest BCUT2D eigenvalue weighted by atomic mass is 19.4. The minimum absolute atomic E-state index is 0.0367. The second kappa shape index (κ2) is 5.25. The van der Waals surface area contributed by atoms with Crippen LogP contribution in [-0.2, 0) is 6.18 Å². The molecule has 6 nitrogen and oxygen atoms in total. The number of amidine groups is 1. The fourth-order valence-corrected chi connectivity index (χ4v) is 1.34. The third-order valence-corrected chi connectivity index (χ3v) is 2.21. The van der Waals surface area contributed by atoms with Crippen molar-refractivity contribution in [1.29, 1.82) is 0 Å². The second-order valence-electron chi connectivity index (χ2n) is 3.53. The Hall–Kier alpha value is -2.49. The molecule has 0 aliphatic carbocycles. The summed E-state index contributed by atoms with van der Waals surface area (Å²) in [4.78, 5) is 3.66. The molecule has 0 atom stereocenters. The lowest BCUT2D eigenvalue weighted by atomic mass is 10.2. The van der Waals surface area contributed by atoms with Crippen molar-refractivity contribution < 1.29 is 27.4 Å². The summed E-state index contributed by atoms with van der Waals surface area (Å²) in [6.07, 6.45) is -3.77. The average molecular weight is 290 g/mol. The molecule has 1 aromatic heterocycles. The number of hydroxylamine groups is 1. The summed E-state index contributed by atoms with van der Waals surface area (Å²) in [5.41, 5.74) is -0.0997. The van der Waals surface area contributed by atoms with Crippen LogP contribution >= 0.6 is 0 Å². The van der Waals surface area contributed by atoms with Crippen LogP contribution in [0.3, 0.4) is 0 Å². The van der Waals surface area contributed by atoms with Gasteiger partial charge in [-0.2, -0.15) is 13.2 Å². The van der Waals surface area contributed by atoms with E-state index >= 15 is 0 Å². The van der Waals surface area contributed by atoms with Gasteiger partial charge >= 0.3 is 6.18 Å². The molecule has 0 saturated carbocycles. The SMILES string of the molecule is ONC(=Nc1ccc(F)c(C(F)(F)F)c1)c1cnon1. The quantitative estimate of drug-likeness (QED) is 0.384. The molecular weight excluding hydrogens is 284 g/mol. The molecule has 1 aromatic carbocycles. The summed E-state index contributed by atoms with van der Waals surface area (Å²) in [6.45, 7) is 0. The van der Waals surface area contributed by atoms with Crippen molar-refractivity contribution in [1.82, 2.24) is 15.8 Å². The number of halogens is 4. The zero-order valence-electron chi connectivity index (χ0n) is 9.52. The minimum Gasteiger partial charge on any atom is -0.290 e. The summed E-state index contributed by atoms with van der Waals surface area (Å²) in [7, 11) is 0. The molecule has 10 heteroatoms. The van der Waals surface area contributed by atoms with Gasteiger partial charge < -0.3 is 0 Å². The number of alkyl halides is 3.